The summed E-state index contributed by atoms with van der Waals surface area (Å²) < 4.78 is 12.8. The van der Waals surface area contributed by atoms with E-state index >= 15 is 0 Å². The average Bonchev–Trinajstić information content (AvgIpc) is 2.92. The fourth-order valence-corrected chi connectivity index (χ4v) is 1.87. The Kier molecular flexibility index (Phi) is 4.57. The van der Waals surface area contributed by atoms with Crippen LogP contribution in [-0.4, -0.2) is 27.0 Å². The second kappa shape index (κ2) is 6.38. The van der Waals surface area contributed by atoms with Gasteiger partial charge in [-0.1, -0.05) is 6.07 Å². The van der Waals surface area contributed by atoms with E-state index in [2.05, 4.69) is 10.1 Å². The Labute approximate surface area is 118 Å². The molecule has 2 rings (SSSR count). The molecule has 1 N–H and O–H groups in total. The molecule has 1 aromatic carbocycles. The number of nitrogens with zero attached hydrogens (tertiary/aromatic N) is 3. The van der Waals surface area contributed by atoms with E-state index in [0.29, 0.717) is 18.1 Å². The van der Waals surface area contributed by atoms with E-state index in [4.69, 9.17) is 9.47 Å². The molecule has 2 aromatic rings. The summed E-state index contributed by atoms with van der Waals surface area (Å²) in [7, 11) is 1.57. The summed E-state index contributed by atoms with van der Waals surface area (Å²) in [6.07, 6.45) is 0.969. The number of aromatic nitrogens is 3. The Morgan fingerprint density at radius 2 is 2.15 bits per heavy atom. The number of methoxy groups -OCH3 is 1. The van der Waals surface area contributed by atoms with Crippen molar-refractivity contribution in [3.05, 3.63) is 35.9 Å². The standard InChI is InChI=1S/C14H19N3O3/c1-4-17-14(15-9-16-17)8-20-12-6-5-11(10(2)18)7-13(12)19-3/h5-7,9-10,18H,4,8H2,1-3H3/t10-/m1/s1. The van der Waals surface area contributed by atoms with Crippen molar-refractivity contribution in [3.63, 3.8) is 0 Å². The van der Waals surface area contributed by atoms with Gasteiger partial charge in [0.25, 0.3) is 0 Å². The van der Waals surface area contributed by atoms with Crippen LogP contribution in [0.3, 0.4) is 0 Å². The number of aliphatic hydroxyl groups excluding tert-OH is 1. The van der Waals surface area contributed by atoms with Gasteiger partial charge in [0.15, 0.2) is 17.3 Å². The molecular formula is C14H19N3O3. The number of aliphatic hydroxyl groups is 1. The normalized spacial score (nSPS) is 12.2. The summed E-state index contributed by atoms with van der Waals surface area (Å²) >= 11 is 0. The molecule has 0 bridgehead atoms. The molecule has 1 aromatic heterocycles. The van der Waals surface area contributed by atoms with E-state index in [-0.39, 0.29) is 0 Å². The molecule has 0 aliphatic carbocycles. The van der Waals surface area contributed by atoms with Crippen molar-refractivity contribution in [2.45, 2.75) is 33.1 Å². The van der Waals surface area contributed by atoms with Gasteiger partial charge in [-0.2, -0.15) is 5.10 Å². The van der Waals surface area contributed by atoms with Crippen molar-refractivity contribution in [2.75, 3.05) is 7.11 Å². The molecule has 1 atom stereocenters. The van der Waals surface area contributed by atoms with Crippen LogP contribution in [0.5, 0.6) is 11.5 Å². The van der Waals surface area contributed by atoms with Crippen LogP contribution in [0.15, 0.2) is 24.5 Å². The Morgan fingerprint density at radius 3 is 2.80 bits per heavy atom. The highest BCUT2D eigenvalue weighted by Gasteiger charge is 2.10. The van der Waals surface area contributed by atoms with Crippen LogP contribution in [-0.2, 0) is 13.2 Å². The monoisotopic (exact) mass is 277 g/mol. The molecule has 0 saturated carbocycles. The lowest BCUT2D eigenvalue weighted by molar-refractivity contribution is 0.198. The Morgan fingerprint density at radius 1 is 1.35 bits per heavy atom. The molecule has 0 saturated heterocycles. The first kappa shape index (κ1) is 14.3. The lowest BCUT2D eigenvalue weighted by Gasteiger charge is -2.13. The first-order chi connectivity index (χ1) is 9.65. The number of hydrogen-bond donors (Lipinski definition) is 1. The third-order valence-corrected chi connectivity index (χ3v) is 3.02. The molecular weight excluding hydrogens is 258 g/mol. The average molecular weight is 277 g/mol. The second-order valence-electron chi connectivity index (χ2n) is 4.37. The van der Waals surface area contributed by atoms with E-state index in [1.807, 2.05) is 13.0 Å². The molecule has 108 valence electrons. The Bertz CT molecular complexity index is 567. The van der Waals surface area contributed by atoms with Gasteiger partial charge in [-0.05, 0) is 31.5 Å². The van der Waals surface area contributed by atoms with Crippen LogP contribution in [0.4, 0.5) is 0 Å². The number of rotatable bonds is 6. The maximum atomic E-state index is 9.57. The predicted octanol–water partition coefficient (Wildman–Crippen LogP) is 1.94. The van der Waals surface area contributed by atoms with Gasteiger partial charge in [0.2, 0.25) is 0 Å². The van der Waals surface area contributed by atoms with Gasteiger partial charge in [-0.15, -0.1) is 0 Å². The highest BCUT2D eigenvalue weighted by atomic mass is 16.5. The number of benzene rings is 1. The van der Waals surface area contributed by atoms with Crippen LogP contribution < -0.4 is 9.47 Å². The van der Waals surface area contributed by atoms with Crippen LogP contribution in [0.1, 0.15) is 31.3 Å². The van der Waals surface area contributed by atoms with Crippen LogP contribution in [0.25, 0.3) is 0 Å². The summed E-state index contributed by atoms with van der Waals surface area (Å²) in [5, 5.41) is 13.7. The maximum Gasteiger partial charge on any atom is 0.164 e. The summed E-state index contributed by atoms with van der Waals surface area (Å²) in [5.74, 6) is 1.96. The predicted molar refractivity (Wildman–Crippen MR) is 73.7 cm³/mol. The minimum atomic E-state index is -0.541. The van der Waals surface area contributed by atoms with E-state index in [1.54, 1.807) is 30.8 Å². The smallest absolute Gasteiger partial charge is 0.164 e. The van der Waals surface area contributed by atoms with Gasteiger partial charge in [-0.25, -0.2) is 9.67 Å². The zero-order valence-corrected chi connectivity index (χ0v) is 11.9. The summed E-state index contributed by atoms with van der Waals surface area (Å²) in [6.45, 7) is 4.77. The van der Waals surface area contributed by atoms with Crippen molar-refractivity contribution in [3.8, 4) is 11.5 Å². The first-order valence-corrected chi connectivity index (χ1v) is 6.51. The quantitative estimate of drug-likeness (QED) is 0.873. The minimum Gasteiger partial charge on any atom is -0.493 e. The molecule has 0 unspecified atom stereocenters. The number of hydrogen-bond acceptors (Lipinski definition) is 5. The fraction of sp³-hybridized carbons (Fsp3) is 0.429. The molecule has 6 nitrogen and oxygen atoms in total. The fourth-order valence-electron chi connectivity index (χ4n) is 1.87. The molecule has 0 fully saturated rings. The van der Waals surface area contributed by atoms with Crippen molar-refractivity contribution >= 4 is 0 Å². The molecule has 1 heterocycles. The number of ether oxygens (including phenoxy) is 2. The number of aryl methyl sites for hydroxylation is 1. The van der Waals surface area contributed by atoms with Gasteiger partial charge in [0.1, 0.15) is 12.9 Å². The lowest BCUT2D eigenvalue weighted by atomic mass is 10.1. The van der Waals surface area contributed by atoms with Gasteiger partial charge >= 0.3 is 0 Å². The van der Waals surface area contributed by atoms with E-state index < -0.39 is 6.10 Å². The van der Waals surface area contributed by atoms with E-state index in [1.165, 1.54) is 6.33 Å². The molecule has 6 heteroatoms. The zero-order valence-electron chi connectivity index (χ0n) is 11.9. The van der Waals surface area contributed by atoms with Crippen molar-refractivity contribution < 1.29 is 14.6 Å². The summed E-state index contributed by atoms with van der Waals surface area (Å²) in [4.78, 5) is 4.15. The third-order valence-electron chi connectivity index (χ3n) is 3.02. The Hall–Kier alpha value is -2.08. The van der Waals surface area contributed by atoms with Gasteiger partial charge in [0.05, 0.1) is 13.2 Å². The van der Waals surface area contributed by atoms with Gasteiger partial charge in [-0.3, -0.25) is 0 Å². The molecule has 0 aliphatic rings. The van der Waals surface area contributed by atoms with E-state index in [9.17, 15) is 5.11 Å². The van der Waals surface area contributed by atoms with Crippen LogP contribution >= 0.6 is 0 Å². The third kappa shape index (κ3) is 3.08. The molecule has 0 radical (unpaired) electrons. The van der Waals surface area contributed by atoms with Crippen molar-refractivity contribution in [1.82, 2.24) is 14.8 Å². The van der Waals surface area contributed by atoms with Gasteiger partial charge in [0, 0.05) is 6.54 Å². The molecule has 20 heavy (non-hydrogen) atoms. The zero-order chi connectivity index (χ0) is 14.5. The minimum absolute atomic E-state index is 0.318. The van der Waals surface area contributed by atoms with E-state index in [0.717, 1.165) is 17.9 Å². The van der Waals surface area contributed by atoms with Crippen molar-refractivity contribution in [2.24, 2.45) is 0 Å². The molecule has 0 aliphatic heterocycles. The first-order valence-electron chi connectivity index (χ1n) is 6.51. The van der Waals surface area contributed by atoms with Crippen LogP contribution in [0.2, 0.25) is 0 Å². The molecule has 0 spiro atoms. The largest absolute Gasteiger partial charge is 0.493 e. The second-order valence-corrected chi connectivity index (χ2v) is 4.37. The van der Waals surface area contributed by atoms with Gasteiger partial charge < -0.3 is 14.6 Å². The topological polar surface area (TPSA) is 69.4 Å². The summed E-state index contributed by atoms with van der Waals surface area (Å²) in [6, 6.07) is 5.37. The van der Waals surface area contributed by atoms with Crippen LogP contribution in [0, 0.1) is 0 Å². The highest BCUT2D eigenvalue weighted by molar-refractivity contribution is 5.43. The van der Waals surface area contributed by atoms with Crippen molar-refractivity contribution in [1.29, 1.82) is 0 Å². The Balaban J connectivity index is 2.13. The highest BCUT2D eigenvalue weighted by Crippen LogP contribution is 2.30. The SMILES string of the molecule is CCn1ncnc1COc1ccc([C@@H](C)O)cc1OC. The summed E-state index contributed by atoms with van der Waals surface area (Å²) in [5.41, 5.74) is 0.783. The lowest BCUT2D eigenvalue weighted by Crippen LogP contribution is -2.07. The molecule has 0 amide bonds. The maximum absolute atomic E-state index is 9.57.